The number of halogens is 3. The molecule has 0 unspecified atom stereocenters. The van der Waals surface area contributed by atoms with E-state index in [0.717, 1.165) is 0 Å². The average molecular weight is 213 g/mol. The van der Waals surface area contributed by atoms with Gasteiger partial charge in [-0.2, -0.15) is 13.2 Å². The SMILES string of the molecule is O=C(N[C@@H](CO)C1(O)CC1)C(F)(F)F. The highest BCUT2D eigenvalue weighted by molar-refractivity contribution is 5.82. The lowest BCUT2D eigenvalue weighted by atomic mass is 10.1. The zero-order valence-corrected chi connectivity index (χ0v) is 7.14. The van der Waals surface area contributed by atoms with Crippen molar-refractivity contribution in [2.45, 2.75) is 30.7 Å². The molecule has 1 fully saturated rings. The summed E-state index contributed by atoms with van der Waals surface area (Å²) < 4.78 is 35.3. The fourth-order valence-corrected chi connectivity index (χ4v) is 1.07. The normalized spacial score (nSPS) is 21.5. The molecule has 0 aliphatic heterocycles. The van der Waals surface area contributed by atoms with Gasteiger partial charge in [-0.15, -0.1) is 0 Å². The van der Waals surface area contributed by atoms with Crippen molar-refractivity contribution in [2.24, 2.45) is 0 Å². The predicted octanol–water partition coefficient (Wildman–Crippen LogP) is -0.449. The summed E-state index contributed by atoms with van der Waals surface area (Å²) in [7, 11) is 0. The Balaban J connectivity index is 2.53. The third-order valence-electron chi connectivity index (χ3n) is 2.16. The first-order valence-corrected chi connectivity index (χ1v) is 4.00. The van der Waals surface area contributed by atoms with E-state index in [2.05, 4.69) is 0 Å². The smallest absolute Gasteiger partial charge is 0.394 e. The number of carbonyl (C=O) groups is 1. The fraction of sp³-hybridized carbons (Fsp3) is 0.857. The van der Waals surface area contributed by atoms with E-state index in [0.29, 0.717) is 0 Å². The molecular formula is C7H10F3NO3. The number of amides is 1. The standard InChI is InChI=1S/C7H10F3NO3/c8-7(9,10)5(13)11-4(3-12)6(14)1-2-6/h4,12,14H,1-3H2,(H,11,13)/t4-/m0/s1. The van der Waals surface area contributed by atoms with Gasteiger partial charge in [-0.1, -0.05) is 0 Å². The van der Waals surface area contributed by atoms with E-state index in [1.165, 1.54) is 0 Å². The van der Waals surface area contributed by atoms with Crippen molar-refractivity contribution in [3.63, 3.8) is 0 Å². The van der Waals surface area contributed by atoms with Crippen LogP contribution in [0.3, 0.4) is 0 Å². The van der Waals surface area contributed by atoms with Gasteiger partial charge in [0.25, 0.3) is 0 Å². The molecule has 1 atom stereocenters. The number of nitrogens with one attached hydrogen (secondary N) is 1. The van der Waals surface area contributed by atoms with Gasteiger partial charge in [0, 0.05) is 0 Å². The molecule has 3 N–H and O–H groups in total. The second-order valence-electron chi connectivity index (χ2n) is 3.31. The summed E-state index contributed by atoms with van der Waals surface area (Å²) in [5.74, 6) is -2.14. The number of aliphatic hydroxyl groups is 2. The Morgan fingerprint density at radius 1 is 1.50 bits per heavy atom. The minimum atomic E-state index is -4.99. The van der Waals surface area contributed by atoms with Crippen molar-refractivity contribution in [3.8, 4) is 0 Å². The quantitative estimate of drug-likeness (QED) is 0.594. The van der Waals surface area contributed by atoms with Crippen molar-refractivity contribution in [1.29, 1.82) is 0 Å². The Bertz CT molecular complexity index is 237. The second-order valence-corrected chi connectivity index (χ2v) is 3.31. The average Bonchev–Trinajstić information content (AvgIpc) is 2.78. The summed E-state index contributed by atoms with van der Waals surface area (Å²) >= 11 is 0. The Labute approximate surface area is 77.7 Å². The highest BCUT2D eigenvalue weighted by atomic mass is 19.4. The second kappa shape index (κ2) is 3.39. The summed E-state index contributed by atoms with van der Waals surface area (Å²) in [6.07, 6.45) is -4.41. The summed E-state index contributed by atoms with van der Waals surface area (Å²) in [5.41, 5.74) is -1.37. The van der Waals surface area contributed by atoms with Gasteiger partial charge in [-0.05, 0) is 12.8 Å². The minimum Gasteiger partial charge on any atom is -0.394 e. The number of carbonyl (C=O) groups excluding carboxylic acids is 1. The first-order valence-electron chi connectivity index (χ1n) is 4.00. The van der Waals surface area contributed by atoms with E-state index in [1.807, 2.05) is 0 Å². The Kier molecular flexibility index (Phi) is 2.73. The molecule has 1 aliphatic carbocycles. The lowest BCUT2D eigenvalue weighted by molar-refractivity contribution is -0.175. The van der Waals surface area contributed by atoms with Crippen molar-refractivity contribution in [2.75, 3.05) is 6.61 Å². The molecule has 1 saturated carbocycles. The van der Waals surface area contributed by atoms with Crippen LogP contribution in [0.25, 0.3) is 0 Å². The lowest BCUT2D eigenvalue weighted by Crippen LogP contribution is -2.51. The molecule has 82 valence electrons. The van der Waals surface area contributed by atoms with Gasteiger partial charge in [0.2, 0.25) is 0 Å². The number of alkyl halides is 3. The fourth-order valence-electron chi connectivity index (χ4n) is 1.07. The molecule has 0 aromatic carbocycles. The van der Waals surface area contributed by atoms with Crippen LogP contribution in [-0.4, -0.2) is 40.5 Å². The van der Waals surface area contributed by atoms with E-state index in [1.54, 1.807) is 5.32 Å². The maximum atomic E-state index is 11.8. The number of hydrogen-bond acceptors (Lipinski definition) is 3. The van der Waals surface area contributed by atoms with Crippen molar-refractivity contribution in [1.82, 2.24) is 5.32 Å². The summed E-state index contributed by atoms with van der Waals surface area (Å²) in [4.78, 5) is 10.4. The molecule has 0 radical (unpaired) electrons. The molecule has 0 spiro atoms. The molecule has 4 nitrogen and oxygen atoms in total. The molecule has 0 bridgehead atoms. The monoisotopic (exact) mass is 213 g/mol. The first-order chi connectivity index (χ1) is 6.29. The van der Waals surface area contributed by atoms with Crippen LogP contribution in [0, 0.1) is 0 Å². The molecule has 0 aromatic rings. The maximum Gasteiger partial charge on any atom is 0.471 e. The Hall–Kier alpha value is -0.820. The van der Waals surface area contributed by atoms with E-state index >= 15 is 0 Å². The van der Waals surface area contributed by atoms with Crippen LogP contribution in [0.1, 0.15) is 12.8 Å². The van der Waals surface area contributed by atoms with Crippen LogP contribution >= 0.6 is 0 Å². The summed E-state index contributed by atoms with van der Waals surface area (Å²) in [5, 5.41) is 19.6. The van der Waals surface area contributed by atoms with E-state index in [9.17, 15) is 23.1 Å². The summed E-state index contributed by atoms with van der Waals surface area (Å²) in [6.45, 7) is -0.710. The van der Waals surface area contributed by atoms with Crippen LogP contribution in [0.4, 0.5) is 13.2 Å². The largest absolute Gasteiger partial charge is 0.471 e. The van der Waals surface area contributed by atoms with Gasteiger partial charge in [0.15, 0.2) is 0 Å². The minimum absolute atomic E-state index is 0.288. The van der Waals surface area contributed by atoms with E-state index in [4.69, 9.17) is 5.11 Å². The van der Waals surface area contributed by atoms with Crippen LogP contribution < -0.4 is 5.32 Å². The number of hydrogen-bond donors (Lipinski definition) is 3. The van der Waals surface area contributed by atoms with E-state index in [-0.39, 0.29) is 12.8 Å². The van der Waals surface area contributed by atoms with Crippen molar-refractivity contribution < 1.29 is 28.2 Å². The molecule has 1 rings (SSSR count). The van der Waals surface area contributed by atoms with E-state index < -0.39 is 30.3 Å². The molecule has 14 heavy (non-hydrogen) atoms. The predicted molar refractivity (Wildman–Crippen MR) is 39.3 cm³/mol. The van der Waals surface area contributed by atoms with Crippen molar-refractivity contribution in [3.05, 3.63) is 0 Å². The molecule has 1 aliphatic rings. The van der Waals surface area contributed by atoms with Crippen molar-refractivity contribution >= 4 is 5.91 Å². The van der Waals surface area contributed by atoms with Gasteiger partial charge >= 0.3 is 12.1 Å². The summed E-state index contributed by atoms with van der Waals surface area (Å²) in [6, 6.07) is -1.24. The maximum absolute atomic E-state index is 11.8. The van der Waals surface area contributed by atoms with Crippen LogP contribution in [0.15, 0.2) is 0 Å². The lowest BCUT2D eigenvalue weighted by Gasteiger charge is -2.21. The third-order valence-corrected chi connectivity index (χ3v) is 2.16. The highest BCUT2D eigenvalue weighted by Gasteiger charge is 2.50. The van der Waals surface area contributed by atoms with Gasteiger partial charge in [0.05, 0.1) is 18.2 Å². The Morgan fingerprint density at radius 2 is 2.00 bits per heavy atom. The zero-order valence-electron chi connectivity index (χ0n) is 7.14. The van der Waals surface area contributed by atoms with Gasteiger partial charge in [-0.3, -0.25) is 4.79 Å². The zero-order chi connectivity index (χ0) is 11.0. The highest BCUT2D eigenvalue weighted by Crippen LogP contribution is 2.38. The number of rotatable bonds is 3. The Morgan fingerprint density at radius 3 is 2.29 bits per heavy atom. The number of aliphatic hydroxyl groups excluding tert-OH is 1. The van der Waals surface area contributed by atoms with Crippen LogP contribution in [-0.2, 0) is 4.79 Å². The van der Waals surface area contributed by atoms with Gasteiger partial charge < -0.3 is 15.5 Å². The topological polar surface area (TPSA) is 69.6 Å². The third kappa shape index (κ3) is 2.36. The molecular weight excluding hydrogens is 203 g/mol. The molecule has 0 heterocycles. The first kappa shape index (κ1) is 11.3. The van der Waals surface area contributed by atoms with Gasteiger partial charge in [-0.25, -0.2) is 0 Å². The molecule has 0 saturated heterocycles. The molecule has 1 amide bonds. The van der Waals surface area contributed by atoms with Crippen LogP contribution in [0.2, 0.25) is 0 Å². The van der Waals surface area contributed by atoms with Crippen LogP contribution in [0.5, 0.6) is 0 Å². The van der Waals surface area contributed by atoms with Gasteiger partial charge in [0.1, 0.15) is 0 Å². The molecule has 7 heteroatoms. The molecule has 0 aromatic heterocycles.